The van der Waals surface area contributed by atoms with E-state index < -0.39 is 92.3 Å². The molecule has 0 radical (unpaired) electrons. The van der Waals surface area contributed by atoms with Crippen molar-refractivity contribution >= 4 is 35.6 Å². The maximum Gasteiger partial charge on any atom is 0.328 e. The van der Waals surface area contributed by atoms with Crippen LogP contribution in [0.2, 0.25) is 0 Å². The summed E-state index contributed by atoms with van der Waals surface area (Å²) in [6.07, 6.45) is -1.67. The number of aliphatic hydroxyl groups excluding tert-OH is 2. The Balaban J connectivity index is 5.21. The Labute approximate surface area is 175 Å². The number of nitrogens with one attached hydrogen (secondary N) is 3. The zero-order valence-electron chi connectivity index (χ0n) is 16.3. The second-order valence-electron chi connectivity index (χ2n) is 6.36. The lowest BCUT2D eigenvalue weighted by molar-refractivity contribution is -0.143. The number of hydrogen-bond acceptors (Lipinski definition) is 9. The Morgan fingerprint density at radius 1 is 0.645 bits per heavy atom. The summed E-state index contributed by atoms with van der Waals surface area (Å²) < 4.78 is 0. The topological polar surface area (TPSA) is 266 Å². The Hall–Kier alpha value is -3.30. The van der Waals surface area contributed by atoms with Crippen LogP contribution in [0, 0.1) is 0 Å². The van der Waals surface area contributed by atoms with Crippen molar-refractivity contribution in [2.45, 2.75) is 49.9 Å². The van der Waals surface area contributed by atoms with E-state index in [1.54, 1.807) is 0 Å². The molecule has 0 saturated heterocycles. The Morgan fingerprint density at radius 3 is 1.52 bits per heavy atom. The molecule has 3 amide bonds. The van der Waals surface area contributed by atoms with Crippen LogP contribution in [0.1, 0.15) is 25.7 Å². The molecule has 0 rings (SSSR count). The van der Waals surface area contributed by atoms with Crippen LogP contribution < -0.4 is 21.7 Å². The lowest BCUT2D eigenvalue weighted by atomic mass is 10.1. The Bertz CT molecular complexity index is 684. The molecule has 0 aliphatic heterocycles. The predicted molar refractivity (Wildman–Crippen MR) is 99.3 cm³/mol. The molecule has 0 spiro atoms. The zero-order valence-corrected chi connectivity index (χ0v) is 16.3. The maximum absolute atomic E-state index is 12.4. The number of nitrogens with two attached hydrogens (primary N) is 1. The molecule has 0 aliphatic rings. The van der Waals surface area contributed by atoms with Gasteiger partial charge < -0.3 is 47.2 Å². The molecule has 10 N–H and O–H groups in total. The van der Waals surface area contributed by atoms with E-state index >= 15 is 0 Å². The highest BCUT2D eigenvalue weighted by Gasteiger charge is 2.30. The first kappa shape index (κ1) is 27.7. The third-order valence-electron chi connectivity index (χ3n) is 3.90. The van der Waals surface area contributed by atoms with Crippen LogP contribution in [0.5, 0.6) is 0 Å². The lowest BCUT2D eigenvalue weighted by Gasteiger charge is -2.23. The minimum absolute atomic E-state index is 0.256. The zero-order chi connectivity index (χ0) is 24.1. The standard InChI is InChI=1S/C16H26N4O11/c17-7(1-3-11(23)24)13(27)18-8(2-4-12(25)26)14(28)19-9(5-21)15(29)20-10(6-22)16(30)31/h7-10,21-22H,1-6,17H2,(H,18,27)(H,19,28)(H,20,29)(H,23,24)(H,25,26)(H,30,31). The fourth-order valence-electron chi connectivity index (χ4n) is 2.15. The van der Waals surface area contributed by atoms with Gasteiger partial charge in [0.1, 0.15) is 18.1 Å². The lowest BCUT2D eigenvalue weighted by Crippen LogP contribution is -2.58. The number of aliphatic carboxylic acids is 3. The van der Waals surface area contributed by atoms with Crippen LogP contribution >= 0.6 is 0 Å². The molecule has 4 atom stereocenters. The van der Waals surface area contributed by atoms with Crippen molar-refractivity contribution in [1.29, 1.82) is 0 Å². The van der Waals surface area contributed by atoms with Gasteiger partial charge in [0.2, 0.25) is 17.7 Å². The fourth-order valence-corrected chi connectivity index (χ4v) is 2.15. The summed E-state index contributed by atoms with van der Waals surface area (Å²) in [4.78, 5) is 68.8. The third kappa shape index (κ3) is 10.9. The first-order chi connectivity index (χ1) is 14.4. The van der Waals surface area contributed by atoms with Gasteiger partial charge in [0.05, 0.1) is 19.3 Å². The average molecular weight is 450 g/mol. The summed E-state index contributed by atoms with van der Waals surface area (Å²) >= 11 is 0. The fraction of sp³-hybridized carbons (Fsp3) is 0.625. The summed E-state index contributed by atoms with van der Waals surface area (Å²) in [5, 5.41) is 50.6. The maximum atomic E-state index is 12.4. The molecular weight excluding hydrogens is 424 g/mol. The molecule has 0 aromatic rings. The number of rotatable bonds is 15. The van der Waals surface area contributed by atoms with Crippen LogP contribution in [0.15, 0.2) is 0 Å². The van der Waals surface area contributed by atoms with E-state index in [4.69, 9.17) is 26.2 Å². The molecule has 0 aromatic carbocycles. The summed E-state index contributed by atoms with van der Waals surface area (Å²) in [7, 11) is 0. The quantitative estimate of drug-likeness (QED) is 0.114. The average Bonchev–Trinajstić information content (AvgIpc) is 2.70. The second-order valence-corrected chi connectivity index (χ2v) is 6.36. The van der Waals surface area contributed by atoms with Gasteiger partial charge in [-0.05, 0) is 12.8 Å². The van der Waals surface area contributed by atoms with Crippen molar-refractivity contribution in [3.63, 3.8) is 0 Å². The molecule has 0 bridgehead atoms. The smallest absolute Gasteiger partial charge is 0.328 e. The van der Waals surface area contributed by atoms with E-state index in [0.717, 1.165) is 0 Å². The van der Waals surface area contributed by atoms with Crippen molar-refractivity contribution < 1.29 is 54.3 Å². The number of carboxylic acids is 3. The van der Waals surface area contributed by atoms with Crippen LogP contribution in [-0.4, -0.2) is 98.5 Å². The van der Waals surface area contributed by atoms with Gasteiger partial charge in [-0.1, -0.05) is 0 Å². The van der Waals surface area contributed by atoms with E-state index in [1.807, 2.05) is 10.6 Å². The minimum Gasteiger partial charge on any atom is -0.481 e. The van der Waals surface area contributed by atoms with E-state index in [-0.39, 0.29) is 6.42 Å². The van der Waals surface area contributed by atoms with Gasteiger partial charge in [-0.25, -0.2) is 4.79 Å². The SMILES string of the molecule is NC(CCC(=O)O)C(=O)NC(CCC(=O)O)C(=O)NC(CO)C(=O)NC(CO)C(=O)O. The molecule has 0 fully saturated rings. The summed E-state index contributed by atoms with van der Waals surface area (Å²) in [5.41, 5.74) is 5.54. The molecule has 0 aromatic heterocycles. The number of amides is 3. The van der Waals surface area contributed by atoms with E-state index in [2.05, 4.69) is 5.32 Å². The monoisotopic (exact) mass is 450 g/mol. The summed E-state index contributed by atoms with van der Waals surface area (Å²) in [6, 6.07) is -6.19. The van der Waals surface area contributed by atoms with E-state index in [9.17, 15) is 33.9 Å². The second kappa shape index (κ2) is 13.8. The van der Waals surface area contributed by atoms with Crippen molar-refractivity contribution in [2.24, 2.45) is 5.73 Å². The Morgan fingerprint density at radius 2 is 1.06 bits per heavy atom. The normalized spacial score (nSPS) is 14.4. The van der Waals surface area contributed by atoms with E-state index in [1.165, 1.54) is 0 Å². The molecule has 31 heavy (non-hydrogen) atoms. The van der Waals surface area contributed by atoms with E-state index in [0.29, 0.717) is 0 Å². The van der Waals surface area contributed by atoms with Gasteiger partial charge in [0.25, 0.3) is 0 Å². The third-order valence-corrected chi connectivity index (χ3v) is 3.90. The highest BCUT2D eigenvalue weighted by Crippen LogP contribution is 2.02. The van der Waals surface area contributed by atoms with Crippen molar-refractivity contribution in [2.75, 3.05) is 13.2 Å². The summed E-state index contributed by atoms with van der Waals surface area (Å²) in [5.74, 6) is -7.25. The first-order valence-corrected chi connectivity index (χ1v) is 8.97. The molecule has 176 valence electrons. The van der Waals surface area contributed by atoms with Crippen LogP contribution in [0.3, 0.4) is 0 Å². The number of carboxylic acid groups (broad SMARTS) is 3. The van der Waals surface area contributed by atoms with Gasteiger partial charge in [-0.15, -0.1) is 0 Å². The minimum atomic E-state index is -1.70. The predicted octanol–water partition coefficient (Wildman–Crippen LogP) is -4.43. The number of carbonyl (C=O) groups is 6. The molecule has 15 heteroatoms. The van der Waals surface area contributed by atoms with Gasteiger partial charge in [-0.3, -0.25) is 24.0 Å². The van der Waals surface area contributed by atoms with Gasteiger partial charge in [0.15, 0.2) is 0 Å². The van der Waals surface area contributed by atoms with Crippen molar-refractivity contribution in [3.8, 4) is 0 Å². The number of hydrogen-bond donors (Lipinski definition) is 9. The number of aliphatic hydroxyl groups is 2. The summed E-state index contributed by atoms with van der Waals surface area (Å²) in [6.45, 7) is -1.94. The van der Waals surface area contributed by atoms with Gasteiger partial charge >= 0.3 is 17.9 Å². The first-order valence-electron chi connectivity index (χ1n) is 8.97. The molecule has 4 unspecified atom stereocenters. The molecule has 0 heterocycles. The largest absolute Gasteiger partial charge is 0.481 e. The molecule has 15 nitrogen and oxygen atoms in total. The molecule has 0 saturated carbocycles. The van der Waals surface area contributed by atoms with Gasteiger partial charge in [-0.2, -0.15) is 0 Å². The Kier molecular flexibility index (Phi) is 12.4. The molecular formula is C16H26N4O11. The molecule has 0 aliphatic carbocycles. The van der Waals surface area contributed by atoms with Crippen LogP contribution in [-0.2, 0) is 28.8 Å². The highest BCUT2D eigenvalue weighted by molar-refractivity contribution is 5.94. The van der Waals surface area contributed by atoms with Gasteiger partial charge in [0, 0.05) is 12.8 Å². The van der Waals surface area contributed by atoms with Crippen LogP contribution in [0.25, 0.3) is 0 Å². The highest BCUT2D eigenvalue weighted by atomic mass is 16.4. The van der Waals surface area contributed by atoms with Crippen molar-refractivity contribution in [1.82, 2.24) is 16.0 Å². The van der Waals surface area contributed by atoms with Crippen LogP contribution in [0.4, 0.5) is 0 Å². The van der Waals surface area contributed by atoms with Crippen molar-refractivity contribution in [3.05, 3.63) is 0 Å². The number of carbonyl (C=O) groups excluding carboxylic acids is 3.